The van der Waals surface area contributed by atoms with Gasteiger partial charge in [-0.3, -0.25) is 61.8 Å². The fourth-order valence-corrected chi connectivity index (χ4v) is 17.2. The molecule has 0 spiro atoms. The van der Waals surface area contributed by atoms with E-state index in [1.54, 1.807) is 0 Å². The van der Waals surface area contributed by atoms with Crippen LogP contribution in [-0.4, -0.2) is 359 Å². The number of carbonyl (C=O) groups excluding carboxylic acids is 8. The third-order valence-corrected chi connectivity index (χ3v) is 25.1. The Bertz CT molecular complexity index is 3460. The van der Waals surface area contributed by atoms with Crippen molar-refractivity contribution in [3.8, 4) is 0 Å². The van der Waals surface area contributed by atoms with Crippen LogP contribution in [0.15, 0.2) is 30.3 Å². The molecule has 130 heavy (non-hydrogen) atoms. The Kier molecular flexibility index (Phi) is 57.0. The molecule has 44 heteroatoms. The van der Waals surface area contributed by atoms with Gasteiger partial charge in [-0.1, -0.05) is 75.8 Å². The van der Waals surface area contributed by atoms with E-state index in [1.165, 1.54) is 41.0 Å². The average Bonchev–Trinajstić information content (AvgIpc) is 0.780. The van der Waals surface area contributed by atoms with Crippen LogP contribution in [0.5, 0.6) is 0 Å². The van der Waals surface area contributed by atoms with Crippen LogP contribution < -0.4 is 31.9 Å². The molecule has 17 atom stereocenters. The van der Waals surface area contributed by atoms with Crippen molar-refractivity contribution < 1.29 is 160 Å². The molecule has 1 aromatic rings. The first-order valence-corrected chi connectivity index (χ1v) is 49.4. The summed E-state index contributed by atoms with van der Waals surface area (Å²) in [7, 11) is -9.67. The monoisotopic (exact) mass is 1900 g/mol. The van der Waals surface area contributed by atoms with Gasteiger partial charge in [-0.05, 0) is 134 Å². The van der Waals surface area contributed by atoms with Gasteiger partial charge in [0.2, 0.25) is 47.3 Å². The number of unbranched alkanes of at least 4 members (excludes halogenated alkanes) is 12. The van der Waals surface area contributed by atoms with Crippen LogP contribution in [-0.2, 0) is 98.7 Å². The predicted octanol–water partition coefficient (Wildman–Crippen LogP) is 1.67. The summed E-state index contributed by atoms with van der Waals surface area (Å²) < 4.78 is 88.9. The van der Waals surface area contributed by atoms with Gasteiger partial charge in [0.1, 0.15) is 66.6 Å². The molecule has 42 nitrogen and oxygen atoms in total. The van der Waals surface area contributed by atoms with E-state index in [4.69, 9.17) is 51.3 Å². The molecule has 1 saturated carbocycles. The third-order valence-electron chi connectivity index (χ3n) is 23.1. The second kappa shape index (κ2) is 64.5. The number of aliphatic hydroxyl groups is 10. The Morgan fingerprint density at radius 3 is 1.28 bits per heavy atom. The molecule has 0 bridgehead atoms. The van der Waals surface area contributed by atoms with Crippen molar-refractivity contribution in [2.45, 2.75) is 324 Å². The molecule has 8 amide bonds. The highest BCUT2D eigenvalue weighted by Crippen LogP contribution is 2.44. The number of hydrogen-bond donors (Lipinski definition) is 18. The number of hydrogen-bond acceptors (Lipinski definition) is 32. The van der Waals surface area contributed by atoms with Gasteiger partial charge in [0.25, 0.3) is 0 Å². The minimum atomic E-state index is -4.87. The Balaban J connectivity index is 1.07. The normalized spacial score (nSPS) is 25.2. The van der Waals surface area contributed by atoms with Gasteiger partial charge in [-0.25, -0.2) is 9.13 Å². The average molecular weight is 1900 g/mol. The largest absolute Gasteiger partial charge is 0.472 e. The summed E-state index contributed by atoms with van der Waals surface area (Å²) in [5.41, 5.74) is -0.513. The quantitative estimate of drug-likeness (QED) is 0.0250. The maximum atomic E-state index is 13.9. The lowest BCUT2D eigenvalue weighted by Crippen LogP contribution is -2.66. The van der Waals surface area contributed by atoms with Gasteiger partial charge >= 0.3 is 15.6 Å². The van der Waals surface area contributed by atoms with Crippen molar-refractivity contribution in [1.29, 1.82) is 0 Å². The molecule has 3 heterocycles. The van der Waals surface area contributed by atoms with Crippen LogP contribution in [0.3, 0.4) is 0 Å². The number of phosphoric acid groups is 2. The van der Waals surface area contributed by atoms with Crippen LogP contribution >= 0.6 is 15.6 Å². The van der Waals surface area contributed by atoms with Crippen molar-refractivity contribution in [3.05, 3.63) is 35.9 Å². The number of ether oxygens (including phenoxy) is 7. The minimum Gasteiger partial charge on any atom is -0.394 e. The van der Waals surface area contributed by atoms with E-state index in [-0.39, 0.29) is 134 Å². The SMILES string of the molecule is CCCN(CCOP(=O)(O)OCCN(CCOP(=O)(O)OCCN(CCOC1CCC(c2ccccc2)CC1)C(=O)CCCCCNC(O)CCCCCOC1OC(CO)C(O)C(O)C1NC(C)=O)C(=O)CCCCCNC(=O)CCCCCOC1OC(CO)CC(O)(CO)C1NC(C)=O)C(=O)CCCCCNC(=O)CCCCCOC1OC(CO)C(O)C(O)C1NC(C)=O. The molecule has 1 aliphatic carbocycles. The van der Waals surface area contributed by atoms with Gasteiger partial charge in [-0.15, -0.1) is 0 Å². The number of carbonyl (C=O) groups is 8. The predicted molar refractivity (Wildman–Crippen MR) is 470 cm³/mol. The number of nitrogens with zero attached hydrogens (tertiary/aromatic N) is 3. The van der Waals surface area contributed by atoms with Gasteiger partial charge in [-0.2, -0.15) is 0 Å². The highest BCUT2D eigenvalue weighted by atomic mass is 31.2. The summed E-state index contributed by atoms with van der Waals surface area (Å²) in [6.45, 7) is 2.98. The molecule has 3 saturated heterocycles. The van der Waals surface area contributed by atoms with Crippen molar-refractivity contribution >= 4 is 62.9 Å². The second-order valence-corrected chi connectivity index (χ2v) is 36.6. The molecule has 18 N–H and O–H groups in total. The van der Waals surface area contributed by atoms with Crippen molar-refractivity contribution in [1.82, 2.24) is 46.6 Å². The second-order valence-electron chi connectivity index (χ2n) is 33.7. The molecule has 4 aliphatic rings. The van der Waals surface area contributed by atoms with Gasteiger partial charge < -0.3 is 135 Å². The summed E-state index contributed by atoms with van der Waals surface area (Å²) in [6, 6.07) is 7.10. The number of phosphoric ester groups is 2. The number of amides is 8. The summed E-state index contributed by atoms with van der Waals surface area (Å²) in [4.78, 5) is 128. The molecule has 0 aromatic heterocycles. The maximum Gasteiger partial charge on any atom is 0.472 e. The molecule has 4 fully saturated rings. The first kappa shape index (κ1) is 115. The molecule has 3 aliphatic heterocycles. The van der Waals surface area contributed by atoms with E-state index in [2.05, 4.69) is 44.0 Å². The lowest BCUT2D eigenvalue weighted by Gasteiger charge is -2.46. The van der Waals surface area contributed by atoms with E-state index in [0.29, 0.717) is 161 Å². The molecule has 750 valence electrons. The Morgan fingerprint density at radius 1 is 0.462 bits per heavy atom. The first-order chi connectivity index (χ1) is 62.3. The molecule has 5 rings (SSSR count). The number of benzene rings is 1. The van der Waals surface area contributed by atoms with Crippen LogP contribution in [0.1, 0.15) is 232 Å². The molecule has 0 radical (unpaired) electrons. The van der Waals surface area contributed by atoms with Crippen molar-refractivity contribution in [2.75, 3.05) is 138 Å². The van der Waals surface area contributed by atoms with E-state index in [1.807, 2.05) is 25.1 Å². The highest BCUT2D eigenvalue weighted by Gasteiger charge is 2.51. The number of aliphatic hydroxyl groups excluding tert-OH is 9. The van der Waals surface area contributed by atoms with Crippen LogP contribution in [0.2, 0.25) is 0 Å². The first-order valence-electron chi connectivity index (χ1n) is 46.5. The van der Waals surface area contributed by atoms with Crippen LogP contribution in [0, 0.1) is 0 Å². The van der Waals surface area contributed by atoms with Gasteiger partial charge in [0.15, 0.2) is 18.9 Å². The number of rotatable bonds is 70. The fraction of sp³-hybridized carbons (Fsp3) is 0.837. The smallest absolute Gasteiger partial charge is 0.394 e. The van der Waals surface area contributed by atoms with E-state index < -0.39 is 177 Å². The topological polar surface area (TPSA) is 597 Å². The molecule has 17 unspecified atom stereocenters. The van der Waals surface area contributed by atoms with Crippen molar-refractivity contribution in [2.24, 2.45) is 0 Å². The zero-order valence-corrected chi connectivity index (χ0v) is 78.2. The molecular formula is C86H153N9O33P2. The Hall–Kier alpha value is -5.52. The van der Waals surface area contributed by atoms with E-state index in [0.717, 1.165) is 25.7 Å². The van der Waals surface area contributed by atoms with E-state index in [9.17, 15) is 108 Å². The maximum absolute atomic E-state index is 13.9. The van der Waals surface area contributed by atoms with E-state index >= 15 is 0 Å². The van der Waals surface area contributed by atoms with Crippen LogP contribution in [0.25, 0.3) is 0 Å². The van der Waals surface area contributed by atoms with Crippen molar-refractivity contribution in [3.63, 3.8) is 0 Å². The summed E-state index contributed by atoms with van der Waals surface area (Å²) >= 11 is 0. The molecule has 1 aromatic carbocycles. The number of nitrogens with one attached hydrogen (secondary N) is 6. The zero-order valence-electron chi connectivity index (χ0n) is 76.4. The minimum absolute atomic E-state index is 0.0253. The van der Waals surface area contributed by atoms with Gasteiger partial charge in [0.05, 0.1) is 71.7 Å². The highest BCUT2D eigenvalue weighted by molar-refractivity contribution is 7.47. The molecular weight excluding hydrogens is 1750 g/mol. The van der Waals surface area contributed by atoms with Gasteiger partial charge in [0, 0.05) is 131 Å². The summed E-state index contributed by atoms with van der Waals surface area (Å²) in [6.07, 6.45) is 2.09. The standard InChI is InChI=1S/C86H153N9O33P2/c1-5-42-93(73(106)32-18-7-21-39-87-70(103)29-15-10-24-48-119-83-76(90-61(2)100)80(111)78(109)68(58-97)127-83)44-52-122-129(114,115)124-54-46-95(75(108)34-20-9-23-41-89-72(105)31-17-12-26-50-121-85-82(92-63(4)102)86(113,60-99)56-67(57-96)126-85)47-55-125-130(116,117)123-53-45-94(43-51-118-66-37-35-65(36-38-66)64-27-13-6-14-28-64)74(107)33-19-8-22-40-88-71(104)30-16-11-25-49-120-84-77(91-62(3)101)81(112)79(110)69(59-98)128-84/h6,13-14,27-28,65-69,71,76-85,88,96-99,104,109-113H,5,7-12,15-26,29-60H2,1-4H3,(H,87,103)(H,89,105)(H,90,100)(H,91,101)(H,92,102)(H,114,115)(H,116,117). The summed E-state index contributed by atoms with van der Waals surface area (Å²) in [5.74, 6) is -2.28. The fourth-order valence-electron chi connectivity index (χ4n) is 15.8. The zero-order chi connectivity index (χ0) is 95.3. The Morgan fingerprint density at radius 2 is 0.862 bits per heavy atom. The summed E-state index contributed by atoms with van der Waals surface area (Å²) in [5, 5.41) is 119. The lowest BCUT2D eigenvalue weighted by atomic mass is 9.83. The lowest BCUT2D eigenvalue weighted by molar-refractivity contribution is -0.270. The Labute approximate surface area is 763 Å². The third kappa shape index (κ3) is 45.4. The van der Waals surface area contributed by atoms with Crippen LogP contribution in [0.4, 0.5) is 0 Å².